The lowest BCUT2D eigenvalue weighted by molar-refractivity contribution is -0.0688. The highest BCUT2D eigenvalue weighted by atomic mass is 32.2. The molecule has 0 saturated heterocycles. The third kappa shape index (κ3) is 3.28. The van der Waals surface area contributed by atoms with E-state index in [9.17, 15) is 13.2 Å². The van der Waals surface area contributed by atoms with Gasteiger partial charge >= 0.3 is 0 Å². The Morgan fingerprint density at radius 3 is 2.11 bits per heavy atom. The van der Waals surface area contributed by atoms with Gasteiger partial charge in [-0.3, -0.25) is 4.79 Å². The largest absolute Gasteiger partial charge is 0.349 e. The van der Waals surface area contributed by atoms with Crippen molar-refractivity contribution in [3.63, 3.8) is 0 Å². The number of sulfonamides is 1. The second-order valence-electron chi connectivity index (χ2n) is 9.60. The first-order chi connectivity index (χ1) is 13.1. The number of benzene rings is 1. The highest BCUT2D eigenvalue weighted by molar-refractivity contribution is 7.89. The van der Waals surface area contributed by atoms with Crippen molar-refractivity contribution in [1.29, 1.82) is 0 Å². The molecular formula is C22H32N2O3S. The minimum Gasteiger partial charge on any atom is -0.349 e. The Hall–Kier alpha value is -1.40. The van der Waals surface area contributed by atoms with Crippen molar-refractivity contribution >= 4 is 15.9 Å². The molecular weight excluding hydrogens is 372 g/mol. The zero-order valence-corrected chi connectivity index (χ0v) is 18.2. The second-order valence-corrected chi connectivity index (χ2v) is 11.5. The van der Waals surface area contributed by atoms with Crippen LogP contribution in [0.2, 0.25) is 0 Å². The van der Waals surface area contributed by atoms with Crippen LogP contribution in [0.15, 0.2) is 17.0 Å². The van der Waals surface area contributed by atoms with E-state index in [4.69, 9.17) is 0 Å². The fourth-order valence-electron chi connectivity index (χ4n) is 6.49. The van der Waals surface area contributed by atoms with Gasteiger partial charge in [0.05, 0.1) is 4.90 Å². The van der Waals surface area contributed by atoms with Crippen LogP contribution in [-0.2, 0) is 10.0 Å². The van der Waals surface area contributed by atoms with Gasteiger partial charge in [-0.25, -0.2) is 13.1 Å². The molecule has 0 heterocycles. The zero-order chi connectivity index (χ0) is 20.3. The topological polar surface area (TPSA) is 75.3 Å². The van der Waals surface area contributed by atoms with E-state index < -0.39 is 10.0 Å². The van der Waals surface area contributed by atoms with Crippen LogP contribution in [0.3, 0.4) is 0 Å². The van der Waals surface area contributed by atoms with Gasteiger partial charge in [0.15, 0.2) is 0 Å². The maximum Gasteiger partial charge on any atom is 0.251 e. The normalized spacial score (nSPS) is 32.4. The SMILES string of the molecule is CNS(=O)(=O)c1cc(C(=O)N[C@@H](C)C23CC4CC(CC(C4)C2)C3)cc(C)c1C. The molecule has 28 heavy (non-hydrogen) atoms. The summed E-state index contributed by atoms with van der Waals surface area (Å²) in [5.41, 5.74) is 2.14. The molecule has 0 unspecified atom stereocenters. The number of carbonyl (C=O) groups is 1. The Balaban J connectivity index is 1.57. The first-order valence-corrected chi connectivity index (χ1v) is 12.0. The van der Waals surface area contributed by atoms with E-state index in [0.29, 0.717) is 11.1 Å². The van der Waals surface area contributed by atoms with E-state index in [1.807, 2.05) is 6.92 Å². The molecule has 6 heteroatoms. The molecule has 1 amide bonds. The average molecular weight is 405 g/mol. The number of amides is 1. The number of nitrogens with one attached hydrogen (secondary N) is 2. The van der Waals surface area contributed by atoms with Crippen LogP contribution in [0, 0.1) is 37.0 Å². The molecule has 0 aliphatic heterocycles. The Labute approximate surface area is 168 Å². The van der Waals surface area contributed by atoms with Crippen LogP contribution in [0.1, 0.15) is 66.9 Å². The van der Waals surface area contributed by atoms with Crippen LogP contribution in [0.5, 0.6) is 0 Å². The molecule has 1 aromatic carbocycles. The molecule has 4 aliphatic rings. The van der Waals surface area contributed by atoms with Crippen LogP contribution < -0.4 is 10.0 Å². The molecule has 0 radical (unpaired) electrons. The van der Waals surface area contributed by atoms with Gasteiger partial charge in [0.2, 0.25) is 10.0 Å². The Kier molecular flexibility index (Phi) is 4.86. The fourth-order valence-corrected chi connectivity index (χ4v) is 7.55. The molecule has 1 aromatic rings. The van der Waals surface area contributed by atoms with Gasteiger partial charge in [-0.2, -0.15) is 0 Å². The second kappa shape index (κ2) is 6.84. The summed E-state index contributed by atoms with van der Waals surface area (Å²) < 4.78 is 27.1. The van der Waals surface area contributed by atoms with Crippen molar-refractivity contribution in [3.05, 3.63) is 28.8 Å². The summed E-state index contributed by atoms with van der Waals surface area (Å²) in [6.07, 6.45) is 7.82. The standard InChI is InChI=1S/C22H32N2O3S/c1-13-5-19(9-20(14(13)2)28(26,27)23-4)21(25)24-15(3)22-10-16-6-17(11-22)8-18(7-16)12-22/h5,9,15-18,23H,6-8,10-12H2,1-4H3,(H,24,25)/t15-,16?,17?,18?,22?/m0/s1. The van der Waals surface area contributed by atoms with Gasteiger partial charge in [-0.05, 0) is 113 Å². The number of carbonyl (C=O) groups excluding carboxylic acids is 1. The molecule has 4 fully saturated rings. The van der Waals surface area contributed by atoms with Gasteiger partial charge in [-0.15, -0.1) is 0 Å². The molecule has 1 atom stereocenters. The first-order valence-electron chi connectivity index (χ1n) is 10.5. The summed E-state index contributed by atoms with van der Waals surface area (Å²) in [4.78, 5) is 13.2. The molecule has 5 rings (SSSR count). The van der Waals surface area contributed by atoms with E-state index in [1.54, 1.807) is 13.0 Å². The highest BCUT2D eigenvalue weighted by Crippen LogP contribution is 2.61. The van der Waals surface area contributed by atoms with E-state index >= 15 is 0 Å². The fraction of sp³-hybridized carbons (Fsp3) is 0.682. The summed E-state index contributed by atoms with van der Waals surface area (Å²) >= 11 is 0. The number of aryl methyl sites for hydroxylation is 1. The first kappa shape index (κ1) is 19.9. The summed E-state index contributed by atoms with van der Waals surface area (Å²) in [6.45, 7) is 5.78. The lowest BCUT2D eigenvalue weighted by atomic mass is 9.48. The van der Waals surface area contributed by atoms with Gasteiger partial charge in [-0.1, -0.05) is 0 Å². The lowest BCUT2D eigenvalue weighted by Gasteiger charge is -2.59. The molecule has 0 spiro atoms. The van der Waals surface area contributed by atoms with E-state index in [0.717, 1.165) is 23.3 Å². The molecule has 5 nitrogen and oxygen atoms in total. The third-order valence-corrected chi connectivity index (χ3v) is 9.33. The summed E-state index contributed by atoms with van der Waals surface area (Å²) in [6, 6.07) is 3.42. The van der Waals surface area contributed by atoms with Gasteiger partial charge in [0, 0.05) is 11.6 Å². The van der Waals surface area contributed by atoms with Crippen LogP contribution in [0.25, 0.3) is 0 Å². The molecule has 4 aliphatic carbocycles. The number of rotatable bonds is 5. The number of hydrogen-bond donors (Lipinski definition) is 2. The van der Waals surface area contributed by atoms with Crippen LogP contribution in [0.4, 0.5) is 0 Å². The Morgan fingerprint density at radius 1 is 1.07 bits per heavy atom. The average Bonchev–Trinajstić information content (AvgIpc) is 2.62. The smallest absolute Gasteiger partial charge is 0.251 e. The molecule has 154 valence electrons. The van der Waals surface area contributed by atoms with Gasteiger partial charge in [0.25, 0.3) is 5.91 Å². The van der Waals surface area contributed by atoms with Crippen LogP contribution in [-0.4, -0.2) is 27.4 Å². The third-order valence-electron chi connectivity index (χ3n) is 7.79. The lowest BCUT2D eigenvalue weighted by Crippen LogP contribution is -2.55. The van der Waals surface area contributed by atoms with Crippen molar-refractivity contribution < 1.29 is 13.2 Å². The monoisotopic (exact) mass is 404 g/mol. The Morgan fingerprint density at radius 2 is 1.61 bits per heavy atom. The summed E-state index contributed by atoms with van der Waals surface area (Å²) in [5.74, 6) is 2.33. The van der Waals surface area contributed by atoms with E-state index in [2.05, 4.69) is 17.0 Å². The molecule has 4 bridgehead atoms. The summed E-state index contributed by atoms with van der Waals surface area (Å²) in [5, 5.41) is 3.24. The highest BCUT2D eigenvalue weighted by Gasteiger charge is 2.53. The predicted molar refractivity (Wildman–Crippen MR) is 110 cm³/mol. The van der Waals surface area contributed by atoms with Gasteiger partial charge < -0.3 is 5.32 Å². The van der Waals surface area contributed by atoms with Crippen molar-refractivity contribution in [2.45, 2.75) is 70.2 Å². The van der Waals surface area contributed by atoms with Gasteiger partial charge in [0.1, 0.15) is 0 Å². The molecule has 0 aromatic heterocycles. The molecule has 2 N–H and O–H groups in total. The molecule has 4 saturated carbocycles. The van der Waals surface area contributed by atoms with Crippen molar-refractivity contribution in [2.24, 2.45) is 23.2 Å². The minimum atomic E-state index is -3.60. The Bertz CT molecular complexity index is 871. The van der Waals surface area contributed by atoms with Crippen molar-refractivity contribution in [1.82, 2.24) is 10.0 Å². The van der Waals surface area contributed by atoms with E-state index in [-0.39, 0.29) is 22.3 Å². The van der Waals surface area contributed by atoms with Crippen LogP contribution >= 0.6 is 0 Å². The van der Waals surface area contributed by atoms with Crippen molar-refractivity contribution in [3.8, 4) is 0 Å². The minimum absolute atomic E-state index is 0.111. The predicted octanol–water partition coefficient (Wildman–Crippen LogP) is 3.55. The zero-order valence-electron chi connectivity index (χ0n) is 17.3. The number of hydrogen-bond acceptors (Lipinski definition) is 3. The maximum atomic E-state index is 13.1. The summed E-state index contributed by atoms with van der Waals surface area (Å²) in [7, 11) is -2.21. The quantitative estimate of drug-likeness (QED) is 0.788. The maximum absolute atomic E-state index is 13.1. The van der Waals surface area contributed by atoms with E-state index in [1.165, 1.54) is 51.6 Å². The van der Waals surface area contributed by atoms with Crippen molar-refractivity contribution in [2.75, 3.05) is 7.05 Å².